The van der Waals surface area contributed by atoms with Crippen molar-refractivity contribution in [3.8, 4) is 0 Å². The fourth-order valence-corrected chi connectivity index (χ4v) is 1.26. The van der Waals surface area contributed by atoms with Gasteiger partial charge in [0.05, 0.1) is 5.76 Å². The molecule has 2 heteroatoms. The van der Waals surface area contributed by atoms with Crippen molar-refractivity contribution in [1.29, 1.82) is 0 Å². The Kier molecular flexibility index (Phi) is 2.10. The monoisotopic (exact) mass is 140 g/mol. The van der Waals surface area contributed by atoms with E-state index in [1.165, 1.54) is 0 Å². The summed E-state index contributed by atoms with van der Waals surface area (Å²) in [5.41, 5.74) is 0.645. The Morgan fingerprint density at radius 3 is 2.40 bits per heavy atom. The molecule has 1 saturated carbocycles. The maximum absolute atomic E-state index is 11.0. The maximum atomic E-state index is 11.0. The first-order valence-electron chi connectivity index (χ1n) is 3.63. The summed E-state index contributed by atoms with van der Waals surface area (Å²) < 4.78 is 0. The van der Waals surface area contributed by atoms with Crippen LogP contribution in [0.4, 0.5) is 0 Å². The fourth-order valence-electron chi connectivity index (χ4n) is 1.26. The van der Waals surface area contributed by atoms with Crippen molar-refractivity contribution in [2.45, 2.75) is 32.6 Å². The molecule has 0 radical (unpaired) electrons. The minimum absolute atomic E-state index is 0.131. The molecule has 1 fully saturated rings. The van der Waals surface area contributed by atoms with E-state index in [-0.39, 0.29) is 11.5 Å². The Labute approximate surface area is 60.6 Å². The highest BCUT2D eigenvalue weighted by molar-refractivity contribution is 5.96. The lowest BCUT2D eigenvalue weighted by Crippen LogP contribution is -2.10. The lowest BCUT2D eigenvalue weighted by Gasteiger charge is -2.12. The van der Waals surface area contributed by atoms with Crippen molar-refractivity contribution in [2.75, 3.05) is 0 Å². The average molecular weight is 140 g/mol. The number of allylic oxidation sites excluding steroid dienone is 2. The first-order chi connectivity index (χ1) is 4.72. The number of hydrogen-bond donors (Lipinski definition) is 1. The van der Waals surface area contributed by atoms with E-state index in [1.54, 1.807) is 6.92 Å². The van der Waals surface area contributed by atoms with Crippen LogP contribution in [-0.4, -0.2) is 10.9 Å². The molecule has 1 N–H and O–H groups in total. The Hall–Kier alpha value is -0.790. The lowest BCUT2D eigenvalue weighted by atomic mass is 9.93. The molecule has 0 aliphatic heterocycles. The van der Waals surface area contributed by atoms with E-state index in [4.69, 9.17) is 5.11 Å². The smallest absolute Gasteiger partial charge is 0.162 e. The second-order valence-electron chi connectivity index (χ2n) is 2.69. The third-order valence-electron chi connectivity index (χ3n) is 1.85. The van der Waals surface area contributed by atoms with Crippen LogP contribution in [0.1, 0.15) is 32.6 Å². The van der Waals surface area contributed by atoms with Gasteiger partial charge in [-0.05, 0) is 26.2 Å². The van der Waals surface area contributed by atoms with Crippen LogP contribution in [-0.2, 0) is 4.79 Å². The van der Waals surface area contributed by atoms with Crippen LogP contribution in [0.2, 0.25) is 0 Å². The minimum atomic E-state index is 0.131. The van der Waals surface area contributed by atoms with Crippen molar-refractivity contribution in [3.63, 3.8) is 0 Å². The molecule has 1 aliphatic carbocycles. The van der Waals surface area contributed by atoms with Crippen molar-refractivity contribution >= 4 is 5.78 Å². The summed E-state index contributed by atoms with van der Waals surface area (Å²) in [5.74, 6) is 0.343. The number of rotatable bonds is 0. The molecule has 10 heavy (non-hydrogen) atoms. The van der Waals surface area contributed by atoms with Gasteiger partial charge in [0.15, 0.2) is 5.78 Å². The van der Waals surface area contributed by atoms with E-state index in [0.717, 1.165) is 19.3 Å². The van der Waals surface area contributed by atoms with Gasteiger partial charge in [0.25, 0.3) is 0 Å². The summed E-state index contributed by atoms with van der Waals surface area (Å²) in [6.07, 6.45) is 3.41. The van der Waals surface area contributed by atoms with Gasteiger partial charge < -0.3 is 5.11 Å². The number of hydrogen-bond acceptors (Lipinski definition) is 2. The van der Waals surface area contributed by atoms with Gasteiger partial charge in [-0.15, -0.1) is 0 Å². The van der Waals surface area contributed by atoms with E-state index >= 15 is 0 Å². The van der Waals surface area contributed by atoms with E-state index in [9.17, 15) is 4.79 Å². The van der Waals surface area contributed by atoms with Gasteiger partial charge in [0, 0.05) is 12.0 Å². The number of carbonyl (C=O) groups excluding carboxylic acids is 1. The van der Waals surface area contributed by atoms with Gasteiger partial charge in [-0.2, -0.15) is 0 Å². The maximum Gasteiger partial charge on any atom is 0.162 e. The predicted molar refractivity (Wildman–Crippen MR) is 38.8 cm³/mol. The zero-order chi connectivity index (χ0) is 7.56. The van der Waals surface area contributed by atoms with E-state index in [0.29, 0.717) is 12.0 Å². The summed E-state index contributed by atoms with van der Waals surface area (Å²) in [4.78, 5) is 11.0. The van der Waals surface area contributed by atoms with Crippen LogP contribution in [0.25, 0.3) is 0 Å². The molecule has 2 nitrogen and oxygen atoms in total. The Balaban J connectivity index is 2.75. The van der Waals surface area contributed by atoms with Crippen molar-refractivity contribution in [1.82, 2.24) is 0 Å². The van der Waals surface area contributed by atoms with Crippen LogP contribution in [0.3, 0.4) is 0 Å². The summed E-state index contributed by atoms with van der Waals surface area (Å²) in [6, 6.07) is 0. The minimum Gasteiger partial charge on any atom is -0.512 e. The largest absolute Gasteiger partial charge is 0.512 e. The van der Waals surface area contributed by atoms with Crippen LogP contribution >= 0.6 is 0 Å². The number of carbonyl (C=O) groups is 1. The zero-order valence-electron chi connectivity index (χ0n) is 6.18. The van der Waals surface area contributed by atoms with Gasteiger partial charge in [0.1, 0.15) is 0 Å². The van der Waals surface area contributed by atoms with Crippen LogP contribution in [0, 0.1) is 0 Å². The number of aliphatic hydroxyl groups excluding tert-OH is 1. The summed E-state index contributed by atoms with van der Waals surface area (Å²) >= 11 is 0. The first-order valence-corrected chi connectivity index (χ1v) is 3.63. The van der Waals surface area contributed by atoms with Crippen molar-refractivity contribution < 1.29 is 9.90 Å². The van der Waals surface area contributed by atoms with E-state index in [1.807, 2.05) is 0 Å². The second-order valence-corrected chi connectivity index (χ2v) is 2.69. The Morgan fingerprint density at radius 2 is 2.00 bits per heavy atom. The molecule has 56 valence electrons. The second kappa shape index (κ2) is 2.86. The summed E-state index contributed by atoms with van der Waals surface area (Å²) in [6.45, 7) is 1.58. The quantitative estimate of drug-likeness (QED) is 0.412. The van der Waals surface area contributed by atoms with Gasteiger partial charge in [0.2, 0.25) is 0 Å². The average Bonchev–Trinajstić information content (AvgIpc) is 1.88. The molecule has 0 unspecified atom stereocenters. The molecular formula is C8H12O2. The molecule has 0 aromatic rings. The normalized spacial score (nSPS) is 24.7. The number of ketones is 1. The molecule has 0 heterocycles. The van der Waals surface area contributed by atoms with E-state index in [2.05, 4.69) is 0 Å². The molecule has 0 spiro atoms. The molecular weight excluding hydrogens is 128 g/mol. The lowest BCUT2D eigenvalue weighted by molar-refractivity contribution is -0.116. The van der Waals surface area contributed by atoms with Gasteiger partial charge in [-0.25, -0.2) is 0 Å². The summed E-state index contributed by atoms with van der Waals surface area (Å²) in [5, 5.41) is 9.01. The highest BCUT2D eigenvalue weighted by Crippen LogP contribution is 2.21. The number of Topliss-reactive ketones (excluding diaryl/α,β-unsaturated/α-hetero) is 1. The standard InChI is InChI=1S/C8H12O2/c1-6(9)7-4-2-3-5-8(7)10/h9H,2-5H2,1H3/b7-6-. The number of aliphatic hydroxyl groups is 1. The Morgan fingerprint density at radius 1 is 1.40 bits per heavy atom. The van der Waals surface area contributed by atoms with Gasteiger partial charge in [-0.1, -0.05) is 0 Å². The van der Waals surface area contributed by atoms with Crippen LogP contribution in [0.5, 0.6) is 0 Å². The van der Waals surface area contributed by atoms with Gasteiger partial charge in [-0.3, -0.25) is 4.79 Å². The third-order valence-corrected chi connectivity index (χ3v) is 1.85. The molecule has 0 amide bonds. The molecule has 1 aliphatic rings. The van der Waals surface area contributed by atoms with E-state index < -0.39 is 0 Å². The zero-order valence-corrected chi connectivity index (χ0v) is 6.18. The van der Waals surface area contributed by atoms with Crippen LogP contribution < -0.4 is 0 Å². The van der Waals surface area contributed by atoms with Crippen LogP contribution in [0.15, 0.2) is 11.3 Å². The highest BCUT2D eigenvalue weighted by atomic mass is 16.3. The third kappa shape index (κ3) is 1.38. The fraction of sp³-hybridized carbons (Fsp3) is 0.625. The molecule has 0 bridgehead atoms. The Bertz CT molecular complexity index is 176. The molecule has 0 atom stereocenters. The van der Waals surface area contributed by atoms with Gasteiger partial charge >= 0.3 is 0 Å². The summed E-state index contributed by atoms with van der Waals surface area (Å²) in [7, 11) is 0. The molecule has 0 saturated heterocycles. The van der Waals surface area contributed by atoms with Crippen molar-refractivity contribution in [3.05, 3.63) is 11.3 Å². The molecule has 0 aromatic carbocycles. The topological polar surface area (TPSA) is 37.3 Å². The SMILES string of the molecule is C/C(O)=C1\CCCCC1=O. The highest BCUT2D eigenvalue weighted by Gasteiger charge is 2.16. The first kappa shape index (κ1) is 7.32. The predicted octanol–water partition coefficient (Wildman–Crippen LogP) is 1.96. The molecule has 0 aromatic heterocycles. The molecule has 1 rings (SSSR count). The van der Waals surface area contributed by atoms with Crippen molar-refractivity contribution in [2.24, 2.45) is 0 Å².